The number of aliphatic hydroxyl groups is 1. The van der Waals surface area contributed by atoms with Gasteiger partial charge in [-0.2, -0.15) is 0 Å². The van der Waals surface area contributed by atoms with Gasteiger partial charge in [0.1, 0.15) is 0 Å². The first-order valence-electron chi connectivity index (χ1n) is 5.65. The molecule has 5 heteroatoms. The molecule has 0 heterocycles. The van der Waals surface area contributed by atoms with Gasteiger partial charge in [0.05, 0.1) is 5.25 Å². The summed E-state index contributed by atoms with van der Waals surface area (Å²) in [6, 6.07) is 0. The van der Waals surface area contributed by atoms with Crippen LogP contribution in [0.4, 0.5) is 0 Å². The first kappa shape index (κ1) is 12.9. The molecule has 1 fully saturated rings. The zero-order valence-corrected chi connectivity index (χ0v) is 10.1. The van der Waals surface area contributed by atoms with E-state index in [-0.39, 0.29) is 17.8 Å². The predicted molar refractivity (Wildman–Crippen MR) is 60.0 cm³/mol. The van der Waals surface area contributed by atoms with Crippen molar-refractivity contribution in [2.75, 3.05) is 13.2 Å². The Balaban J connectivity index is 2.35. The molecule has 0 amide bonds. The molecular weight excluding hydrogens is 214 g/mol. The molecule has 90 valence electrons. The Labute approximate surface area is 92.1 Å². The summed E-state index contributed by atoms with van der Waals surface area (Å²) >= 11 is 0. The first-order chi connectivity index (χ1) is 7.06. The number of hydrogen-bond donors (Lipinski definition) is 2. The van der Waals surface area contributed by atoms with Gasteiger partial charge in [0.2, 0.25) is 10.0 Å². The number of aliphatic hydroxyl groups excluding tert-OH is 1. The van der Waals surface area contributed by atoms with Crippen molar-refractivity contribution < 1.29 is 13.5 Å². The molecule has 1 atom stereocenters. The molecule has 1 unspecified atom stereocenters. The summed E-state index contributed by atoms with van der Waals surface area (Å²) in [4.78, 5) is 0. The van der Waals surface area contributed by atoms with Gasteiger partial charge in [-0.05, 0) is 25.2 Å². The highest BCUT2D eigenvalue weighted by Gasteiger charge is 2.28. The third-order valence-electron chi connectivity index (χ3n) is 3.00. The van der Waals surface area contributed by atoms with Crippen LogP contribution in [0.15, 0.2) is 0 Å². The van der Waals surface area contributed by atoms with Gasteiger partial charge < -0.3 is 5.11 Å². The van der Waals surface area contributed by atoms with Crippen LogP contribution < -0.4 is 4.72 Å². The maximum absolute atomic E-state index is 11.8. The molecule has 2 N–H and O–H groups in total. The largest absolute Gasteiger partial charge is 0.396 e. The molecule has 0 bridgehead atoms. The molecule has 1 rings (SSSR count). The molecule has 1 aliphatic carbocycles. The quantitative estimate of drug-likeness (QED) is 0.718. The summed E-state index contributed by atoms with van der Waals surface area (Å²) in [5.74, 6) is 0.200. The zero-order valence-electron chi connectivity index (χ0n) is 9.28. The van der Waals surface area contributed by atoms with Crippen LogP contribution in [-0.4, -0.2) is 31.9 Å². The van der Waals surface area contributed by atoms with E-state index < -0.39 is 10.0 Å². The standard InChI is InChI=1S/C10H21NO3S/c1-9(6-7-12)8-11-15(13,14)10-4-2-3-5-10/h9-12H,2-8H2,1H3. The van der Waals surface area contributed by atoms with Crippen molar-refractivity contribution in [3.63, 3.8) is 0 Å². The van der Waals surface area contributed by atoms with Crippen molar-refractivity contribution >= 4 is 10.0 Å². The van der Waals surface area contributed by atoms with E-state index in [9.17, 15) is 8.42 Å². The second-order valence-corrected chi connectivity index (χ2v) is 6.46. The van der Waals surface area contributed by atoms with Crippen LogP contribution in [0.2, 0.25) is 0 Å². The monoisotopic (exact) mass is 235 g/mol. The van der Waals surface area contributed by atoms with Gasteiger partial charge in [-0.1, -0.05) is 19.8 Å². The zero-order chi connectivity index (χ0) is 11.3. The van der Waals surface area contributed by atoms with Crippen LogP contribution in [-0.2, 0) is 10.0 Å². The second kappa shape index (κ2) is 5.82. The van der Waals surface area contributed by atoms with Gasteiger partial charge >= 0.3 is 0 Å². The van der Waals surface area contributed by atoms with E-state index in [0.717, 1.165) is 25.7 Å². The highest BCUT2D eigenvalue weighted by atomic mass is 32.2. The minimum atomic E-state index is -3.11. The maximum Gasteiger partial charge on any atom is 0.214 e. The van der Waals surface area contributed by atoms with Crippen molar-refractivity contribution in [3.8, 4) is 0 Å². The van der Waals surface area contributed by atoms with E-state index in [4.69, 9.17) is 5.11 Å². The number of nitrogens with one attached hydrogen (secondary N) is 1. The summed E-state index contributed by atoms with van der Waals surface area (Å²) in [6.07, 6.45) is 4.29. The summed E-state index contributed by atoms with van der Waals surface area (Å²) in [5, 5.41) is 8.52. The molecule has 0 aromatic rings. The van der Waals surface area contributed by atoms with Gasteiger partial charge in [0.25, 0.3) is 0 Å². The molecule has 0 saturated heterocycles. The van der Waals surface area contributed by atoms with Crippen LogP contribution in [0.25, 0.3) is 0 Å². The van der Waals surface area contributed by atoms with Gasteiger partial charge in [-0.25, -0.2) is 13.1 Å². The second-order valence-electron chi connectivity index (χ2n) is 4.42. The van der Waals surface area contributed by atoms with E-state index in [1.165, 1.54) is 0 Å². The van der Waals surface area contributed by atoms with Crippen LogP contribution in [0, 0.1) is 5.92 Å². The third-order valence-corrected chi connectivity index (χ3v) is 4.91. The van der Waals surface area contributed by atoms with E-state index in [2.05, 4.69) is 4.72 Å². The van der Waals surface area contributed by atoms with Crippen molar-refractivity contribution in [1.29, 1.82) is 0 Å². The third kappa shape index (κ3) is 4.09. The van der Waals surface area contributed by atoms with Crippen molar-refractivity contribution in [3.05, 3.63) is 0 Å². The number of hydrogen-bond acceptors (Lipinski definition) is 3. The minimum Gasteiger partial charge on any atom is -0.396 e. The molecule has 1 saturated carbocycles. The Morgan fingerprint density at radius 2 is 2.00 bits per heavy atom. The molecule has 4 nitrogen and oxygen atoms in total. The molecule has 0 radical (unpaired) electrons. The lowest BCUT2D eigenvalue weighted by Gasteiger charge is -2.15. The Bertz CT molecular complexity index is 270. The molecule has 1 aliphatic rings. The van der Waals surface area contributed by atoms with E-state index >= 15 is 0 Å². The summed E-state index contributed by atoms with van der Waals surface area (Å²) in [7, 11) is -3.11. The van der Waals surface area contributed by atoms with Gasteiger partial charge in [0.15, 0.2) is 0 Å². The minimum absolute atomic E-state index is 0.117. The lowest BCUT2D eigenvalue weighted by Crippen LogP contribution is -2.35. The molecule has 0 aromatic carbocycles. The Morgan fingerprint density at radius 3 is 2.53 bits per heavy atom. The molecule has 0 aliphatic heterocycles. The smallest absolute Gasteiger partial charge is 0.214 e. The summed E-state index contributed by atoms with van der Waals surface area (Å²) in [6.45, 7) is 2.50. The topological polar surface area (TPSA) is 66.4 Å². The van der Waals surface area contributed by atoms with E-state index in [1.54, 1.807) is 0 Å². The highest BCUT2D eigenvalue weighted by Crippen LogP contribution is 2.23. The summed E-state index contributed by atoms with van der Waals surface area (Å²) < 4.78 is 26.2. The average Bonchev–Trinajstić information content (AvgIpc) is 2.69. The summed E-state index contributed by atoms with van der Waals surface area (Å²) in [5.41, 5.74) is 0. The average molecular weight is 235 g/mol. The van der Waals surface area contributed by atoms with Gasteiger partial charge in [-0.15, -0.1) is 0 Å². The van der Waals surface area contributed by atoms with Gasteiger partial charge in [0, 0.05) is 13.2 Å². The Kier molecular flexibility index (Phi) is 5.02. The number of sulfonamides is 1. The fourth-order valence-corrected chi connectivity index (χ4v) is 3.60. The van der Waals surface area contributed by atoms with E-state index in [1.807, 2.05) is 6.92 Å². The van der Waals surface area contributed by atoms with Gasteiger partial charge in [-0.3, -0.25) is 0 Å². The van der Waals surface area contributed by atoms with Crippen molar-refractivity contribution in [1.82, 2.24) is 4.72 Å². The SMILES string of the molecule is CC(CCO)CNS(=O)(=O)C1CCCC1. The van der Waals surface area contributed by atoms with Crippen LogP contribution >= 0.6 is 0 Å². The maximum atomic E-state index is 11.8. The first-order valence-corrected chi connectivity index (χ1v) is 7.20. The fraction of sp³-hybridized carbons (Fsp3) is 1.00. The van der Waals surface area contributed by atoms with Crippen LogP contribution in [0.5, 0.6) is 0 Å². The predicted octanol–water partition coefficient (Wildman–Crippen LogP) is 0.867. The van der Waals surface area contributed by atoms with E-state index in [0.29, 0.717) is 13.0 Å². The highest BCUT2D eigenvalue weighted by molar-refractivity contribution is 7.90. The molecule has 15 heavy (non-hydrogen) atoms. The normalized spacial score (nSPS) is 20.7. The van der Waals surface area contributed by atoms with Crippen LogP contribution in [0.3, 0.4) is 0 Å². The molecular formula is C10H21NO3S. The lowest BCUT2D eigenvalue weighted by molar-refractivity contribution is 0.263. The fourth-order valence-electron chi connectivity index (χ4n) is 1.90. The van der Waals surface area contributed by atoms with Crippen LogP contribution in [0.1, 0.15) is 39.0 Å². The van der Waals surface area contributed by atoms with Crippen molar-refractivity contribution in [2.24, 2.45) is 5.92 Å². The van der Waals surface area contributed by atoms with Crippen molar-refractivity contribution in [2.45, 2.75) is 44.3 Å². The number of rotatable bonds is 6. The molecule has 0 aromatic heterocycles. The Morgan fingerprint density at radius 1 is 1.40 bits per heavy atom. The molecule has 0 spiro atoms. The lowest BCUT2D eigenvalue weighted by atomic mass is 10.1. The Hall–Kier alpha value is -0.130.